The number of nitrogen functional groups attached to an aromatic ring is 1. The molecule has 8 heteroatoms. The Balaban J connectivity index is 1.45. The molecule has 0 unspecified atom stereocenters. The molecule has 3 aromatic rings. The van der Waals surface area contributed by atoms with Gasteiger partial charge in [-0.15, -0.1) is 0 Å². The molecule has 1 saturated heterocycles. The number of fused-ring (bicyclic) bond motifs is 1. The zero-order valence-corrected chi connectivity index (χ0v) is 14.6. The highest BCUT2D eigenvalue weighted by Crippen LogP contribution is 2.23. The smallest absolute Gasteiger partial charge is 0.231 e. The van der Waals surface area contributed by atoms with Gasteiger partial charge in [-0.05, 0) is 30.3 Å². The van der Waals surface area contributed by atoms with Gasteiger partial charge in [0.15, 0.2) is 0 Å². The van der Waals surface area contributed by atoms with Crippen LogP contribution in [0.3, 0.4) is 0 Å². The molecule has 26 heavy (non-hydrogen) atoms. The number of nitrogens with zero attached hydrogens (tertiary/aromatic N) is 4. The number of aromatic amines is 1. The molecule has 8 nitrogen and oxygen atoms in total. The van der Waals surface area contributed by atoms with E-state index in [0.29, 0.717) is 17.4 Å². The summed E-state index contributed by atoms with van der Waals surface area (Å²) in [5.74, 6) is 1.04. The highest BCUT2D eigenvalue weighted by molar-refractivity contribution is 5.87. The zero-order chi connectivity index (χ0) is 18.1. The molecule has 0 saturated carbocycles. The first-order chi connectivity index (χ1) is 12.6. The van der Waals surface area contributed by atoms with Gasteiger partial charge in [0, 0.05) is 50.7 Å². The number of hydrogen-bond donors (Lipinski definition) is 3. The largest absolute Gasteiger partial charge is 0.383 e. The summed E-state index contributed by atoms with van der Waals surface area (Å²) in [6, 6.07) is 9.95. The van der Waals surface area contributed by atoms with Crippen LogP contribution in [0.4, 0.5) is 23.1 Å². The van der Waals surface area contributed by atoms with Crippen LogP contribution in [-0.2, 0) is 4.79 Å². The fourth-order valence-electron chi connectivity index (χ4n) is 3.19. The molecule has 1 aliphatic rings. The predicted octanol–water partition coefficient (Wildman–Crippen LogP) is 1.95. The summed E-state index contributed by atoms with van der Waals surface area (Å²) in [6.45, 7) is 4.83. The molecule has 4 rings (SSSR count). The van der Waals surface area contributed by atoms with Crippen LogP contribution in [0.5, 0.6) is 0 Å². The monoisotopic (exact) mass is 351 g/mol. The second-order valence-electron chi connectivity index (χ2n) is 6.34. The van der Waals surface area contributed by atoms with Gasteiger partial charge in [-0.2, -0.15) is 9.97 Å². The lowest BCUT2D eigenvalue weighted by Crippen LogP contribution is -2.48. The number of piperazine rings is 1. The Morgan fingerprint density at radius 1 is 1.12 bits per heavy atom. The Morgan fingerprint density at radius 3 is 2.54 bits per heavy atom. The van der Waals surface area contributed by atoms with E-state index in [-0.39, 0.29) is 5.91 Å². The van der Waals surface area contributed by atoms with Crippen molar-refractivity contribution in [1.82, 2.24) is 19.9 Å². The minimum absolute atomic E-state index is 0.141. The molecular formula is C18H21N7O. The maximum atomic E-state index is 11.4. The topological polar surface area (TPSA) is 103 Å². The number of hydrogen-bond acceptors (Lipinski definition) is 6. The van der Waals surface area contributed by atoms with Crippen molar-refractivity contribution >= 4 is 40.1 Å². The van der Waals surface area contributed by atoms with Crippen molar-refractivity contribution in [2.75, 3.05) is 42.1 Å². The van der Waals surface area contributed by atoms with Crippen molar-refractivity contribution in [3.8, 4) is 0 Å². The minimum Gasteiger partial charge on any atom is -0.383 e. The Kier molecular flexibility index (Phi) is 4.08. The van der Waals surface area contributed by atoms with Crippen molar-refractivity contribution in [3.63, 3.8) is 0 Å². The third-order valence-corrected chi connectivity index (χ3v) is 4.66. The lowest BCUT2D eigenvalue weighted by molar-refractivity contribution is -0.129. The van der Waals surface area contributed by atoms with Gasteiger partial charge in [-0.3, -0.25) is 4.79 Å². The van der Waals surface area contributed by atoms with Gasteiger partial charge >= 0.3 is 0 Å². The second-order valence-corrected chi connectivity index (χ2v) is 6.34. The molecule has 4 N–H and O–H groups in total. The predicted molar refractivity (Wildman–Crippen MR) is 102 cm³/mol. The van der Waals surface area contributed by atoms with E-state index < -0.39 is 0 Å². The van der Waals surface area contributed by atoms with Crippen molar-refractivity contribution in [1.29, 1.82) is 0 Å². The summed E-state index contributed by atoms with van der Waals surface area (Å²) in [5.41, 5.74) is 8.70. The van der Waals surface area contributed by atoms with Crippen molar-refractivity contribution < 1.29 is 4.79 Å². The lowest BCUT2D eigenvalue weighted by atomic mass is 10.2. The quantitative estimate of drug-likeness (QED) is 0.666. The maximum Gasteiger partial charge on any atom is 0.231 e. The summed E-state index contributed by atoms with van der Waals surface area (Å²) in [5, 5.41) is 4.00. The summed E-state index contributed by atoms with van der Waals surface area (Å²) in [6.07, 6.45) is 1.79. The SMILES string of the molecule is CC(=O)N1CCN(c2ccc(Nc3nc(N)c4cc[nH]c4n3)cc2)CC1. The number of anilines is 4. The molecule has 1 amide bonds. The van der Waals surface area contributed by atoms with E-state index in [1.807, 2.05) is 23.1 Å². The van der Waals surface area contributed by atoms with E-state index in [2.05, 4.69) is 37.3 Å². The number of nitrogens with one attached hydrogen (secondary N) is 2. The molecule has 0 aliphatic carbocycles. The Labute approximate surface area is 151 Å². The molecule has 2 aromatic heterocycles. The number of carbonyl (C=O) groups is 1. The van der Waals surface area contributed by atoms with Gasteiger partial charge < -0.3 is 25.8 Å². The van der Waals surface area contributed by atoms with Crippen molar-refractivity contribution in [2.24, 2.45) is 0 Å². The average Bonchev–Trinajstić information content (AvgIpc) is 3.12. The van der Waals surface area contributed by atoms with Gasteiger partial charge in [0.05, 0.1) is 5.39 Å². The minimum atomic E-state index is 0.141. The normalized spacial score (nSPS) is 14.7. The Bertz CT molecular complexity index is 926. The number of carbonyl (C=O) groups excluding carboxylic acids is 1. The summed E-state index contributed by atoms with van der Waals surface area (Å²) in [7, 11) is 0. The molecular weight excluding hydrogens is 330 g/mol. The van der Waals surface area contributed by atoms with E-state index in [0.717, 1.165) is 42.9 Å². The number of aromatic nitrogens is 3. The number of benzene rings is 1. The maximum absolute atomic E-state index is 11.4. The summed E-state index contributed by atoms with van der Waals surface area (Å²) < 4.78 is 0. The van der Waals surface area contributed by atoms with Crippen LogP contribution in [0.1, 0.15) is 6.92 Å². The number of amides is 1. The Morgan fingerprint density at radius 2 is 1.85 bits per heavy atom. The first-order valence-corrected chi connectivity index (χ1v) is 8.58. The summed E-state index contributed by atoms with van der Waals surface area (Å²) >= 11 is 0. The van der Waals surface area contributed by atoms with E-state index in [9.17, 15) is 4.79 Å². The molecule has 1 aromatic carbocycles. The van der Waals surface area contributed by atoms with Crippen LogP contribution < -0.4 is 16.0 Å². The first-order valence-electron chi connectivity index (χ1n) is 8.58. The molecule has 0 bridgehead atoms. The van der Waals surface area contributed by atoms with Gasteiger partial charge in [0.2, 0.25) is 11.9 Å². The third-order valence-electron chi connectivity index (χ3n) is 4.66. The van der Waals surface area contributed by atoms with Gasteiger partial charge in [0.25, 0.3) is 0 Å². The highest BCUT2D eigenvalue weighted by atomic mass is 16.2. The van der Waals surface area contributed by atoms with Crippen LogP contribution in [-0.4, -0.2) is 51.9 Å². The second kappa shape index (κ2) is 6.55. The molecule has 3 heterocycles. The van der Waals surface area contributed by atoms with Crippen molar-refractivity contribution in [2.45, 2.75) is 6.92 Å². The van der Waals surface area contributed by atoms with Crippen LogP contribution in [0, 0.1) is 0 Å². The molecule has 1 aliphatic heterocycles. The standard InChI is InChI=1S/C18H21N7O/c1-12(26)24-8-10-25(11-9-24)14-4-2-13(3-5-14)21-18-22-16(19)15-6-7-20-17(15)23-18/h2-7H,8-11H2,1H3,(H4,19,20,21,22,23). The molecule has 1 fully saturated rings. The van der Waals surface area contributed by atoms with Gasteiger partial charge in [0.1, 0.15) is 11.5 Å². The highest BCUT2D eigenvalue weighted by Gasteiger charge is 2.18. The molecule has 0 spiro atoms. The van der Waals surface area contributed by atoms with Gasteiger partial charge in [-0.1, -0.05) is 0 Å². The van der Waals surface area contributed by atoms with E-state index >= 15 is 0 Å². The van der Waals surface area contributed by atoms with Gasteiger partial charge in [-0.25, -0.2) is 0 Å². The van der Waals surface area contributed by atoms with E-state index in [1.165, 1.54) is 0 Å². The van der Waals surface area contributed by atoms with Crippen molar-refractivity contribution in [3.05, 3.63) is 36.5 Å². The fourth-order valence-corrected chi connectivity index (χ4v) is 3.19. The number of nitrogens with two attached hydrogens (primary N) is 1. The first kappa shape index (κ1) is 16.2. The molecule has 0 atom stereocenters. The Hall–Kier alpha value is -3.29. The van der Waals surface area contributed by atoms with Crippen LogP contribution in [0.25, 0.3) is 11.0 Å². The molecule has 0 radical (unpaired) electrons. The number of rotatable bonds is 3. The van der Waals surface area contributed by atoms with E-state index in [4.69, 9.17) is 5.73 Å². The molecule has 134 valence electrons. The van der Waals surface area contributed by atoms with Crippen LogP contribution in [0.15, 0.2) is 36.5 Å². The number of H-pyrrole nitrogens is 1. The van der Waals surface area contributed by atoms with E-state index in [1.54, 1.807) is 13.1 Å². The lowest BCUT2D eigenvalue weighted by Gasteiger charge is -2.35. The van der Waals surface area contributed by atoms with Crippen LogP contribution >= 0.6 is 0 Å². The zero-order valence-electron chi connectivity index (χ0n) is 14.6. The summed E-state index contributed by atoms with van der Waals surface area (Å²) in [4.78, 5) is 27.3. The average molecular weight is 351 g/mol. The third kappa shape index (κ3) is 3.13. The fraction of sp³-hybridized carbons (Fsp3) is 0.278. The van der Waals surface area contributed by atoms with Crippen LogP contribution in [0.2, 0.25) is 0 Å².